The van der Waals surface area contributed by atoms with Crippen LogP contribution in [0, 0.1) is 11.6 Å². The molecule has 3 aromatic rings. The molecule has 1 N–H and O–H groups in total. The van der Waals surface area contributed by atoms with Gasteiger partial charge < -0.3 is 5.11 Å². The van der Waals surface area contributed by atoms with Crippen molar-refractivity contribution in [3.63, 3.8) is 0 Å². The van der Waals surface area contributed by atoms with Gasteiger partial charge in [0.1, 0.15) is 42.5 Å². The molecular weight excluding hydrogens is 306 g/mol. The van der Waals surface area contributed by atoms with Gasteiger partial charge in [0.05, 0.1) is 13.1 Å². The molecule has 0 spiro atoms. The van der Waals surface area contributed by atoms with Crippen molar-refractivity contribution in [2.45, 2.75) is 25.1 Å². The van der Waals surface area contributed by atoms with Gasteiger partial charge in [0.25, 0.3) is 0 Å². The number of hydrogen-bond acceptors (Lipinski definition) is 5. The fourth-order valence-corrected chi connectivity index (χ4v) is 2.41. The van der Waals surface area contributed by atoms with E-state index in [1.165, 1.54) is 40.7 Å². The molecule has 9 heteroatoms. The minimum atomic E-state index is -1.40. The van der Waals surface area contributed by atoms with Crippen LogP contribution in [-0.2, 0) is 19.5 Å². The van der Waals surface area contributed by atoms with Crippen LogP contribution < -0.4 is 0 Å². The SMILES string of the molecule is OC(Cc1ccc(F)cc1F)(Cn1cncn1)Cn1cncn1. The number of benzene rings is 1. The summed E-state index contributed by atoms with van der Waals surface area (Å²) in [5.41, 5.74) is -1.20. The molecule has 1 aromatic carbocycles. The van der Waals surface area contributed by atoms with Crippen LogP contribution in [0.1, 0.15) is 5.56 Å². The lowest BCUT2D eigenvalue weighted by molar-refractivity contribution is -0.000833. The summed E-state index contributed by atoms with van der Waals surface area (Å²) in [6.45, 7) is 0.146. The minimum Gasteiger partial charge on any atom is -0.386 e. The lowest BCUT2D eigenvalue weighted by atomic mass is 9.94. The second-order valence-corrected chi connectivity index (χ2v) is 5.32. The van der Waals surface area contributed by atoms with Gasteiger partial charge in [0, 0.05) is 12.5 Å². The first-order valence-corrected chi connectivity index (χ1v) is 6.85. The smallest absolute Gasteiger partial charge is 0.137 e. The largest absolute Gasteiger partial charge is 0.386 e. The maximum atomic E-state index is 13.9. The Morgan fingerprint density at radius 3 is 2.09 bits per heavy atom. The molecule has 0 bridgehead atoms. The van der Waals surface area contributed by atoms with Crippen molar-refractivity contribution in [2.75, 3.05) is 0 Å². The summed E-state index contributed by atoms with van der Waals surface area (Å²) < 4.78 is 29.8. The first-order chi connectivity index (χ1) is 11.0. The predicted octanol–water partition coefficient (Wildman–Crippen LogP) is 0.822. The van der Waals surface area contributed by atoms with Crippen molar-refractivity contribution < 1.29 is 13.9 Å². The average molecular weight is 320 g/mol. The van der Waals surface area contributed by atoms with E-state index in [2.05, 4.69) is 20.2 Å². The Kier molecular flexibility index (Phi) is 4.11. The summed E-state index contributed by atoms with van der Waals surface area (Å²) in [4.78, 5) is 7.64. The Morgan fingerprint density at radius 1 is 1.00 bits per heavy atom. The van der Waals surface area contributed by atoms with E-state index in [4.69, 9.17) is 0 Å². The summed E-state index contributed by atoms with van der Waals surface area (Å²) in [5.74, 6) is -1.37. The summed E-state index contributed by atoms with van der Waals surface area (Å²) in [5, 5.41) is 18.9. The molecular formula is C14H14F2N6O. The normalized spacial score (nSPS) is 11.8. The van der Waals surface area contributed by atoms with Gasteiger partial charge in [0.15, 0.2) is 0 Å². The number of aliphatic hydroxyl groups is 1. The summed E-state index contributed by atoms with van der Waals surface area (Å²) in [6.07, 6.45) is 5.54. The van der Waals surface area contributed by atoms with E-state index in [0.29, 0.717) is 0 Å². The molecule has 120 valence electrons. The highest BCUT2D eigenvalue weighted by Gasteiger charge is 2.31. The van der Waals surface area contributed by atoms with Crippen molar-refractivity contribution in [3.05, 3.63) is 60.7 Å². The summed E-state index contributed by atoms with van der Waals surface area (Å²) in [6, 6.07) is 3.27. The Labute approximate surface area is 130 Å². The van der Waals surface area contributed by atoms with Gasteiger partial charge in [0.2, 0.25) is 0 Å². The van der Waals surface area contributed by atoms with Crippen molar-refractivity contribution in [1.82, 2.24) is 29.5 Å². The van der Waals surface area contributed by atoms with Gasteiger partial charge in [-0.25, -0.2) is 28.1 Å². The molecule has 7 nitrogen and oxygen atoms in total. The number of nitrogens with zero attached hydrogens (tertiary/aromatic N) is 6. The number of rotatable bonds is 6. The fraction of sp³-hybridized carbons (Fsp3) is 0.286. The lowest BCUT2D eigenvalue weighted by Gasteiger charge is -2.28. The van der Waals surface area contributed by atoms with E-state index in [1.54, 1.807) is 0 Å². The molecule has 0 amide bonds. The van der Waals surface area contributed by atoms with Crippen molar-refractivity contribution >= 4 is 0 Å². The molecule has 0 fully saturated rings. The van der Waals surface area contributed by atoms with Crippen molar-refractivity contribution in [2.24, 2.45) is 0 Å². The molecule has 0 aliphatic heterocycles. The Hall–Kier alpha value is -2.68. The molecule has 3 rings (SSSR count). The van der Waals surface area contributed by atoms with Crippen LogP contribution in [0.15, 0.2) is 43.5 Å². The summed E-state index contributed by atoms with van der Waals surface area (Å²) >= 11 is 0. The Balaban J connectivity index is 1.87. The molecule has 2 aromatic heterocycles. The van der Waals surface area contributed by atoms with Gasteiger partial charge in [-0.1, -0.05) is 6.07 Å². The molecule has 0 aliphatic rings. The molecule has 0 saturated carbocycles. The van der Waals surface area contributed by atoms with Gasteiger partial charge in [-0.3, -0.25) is 0 Å². The molecule has 0 unspecified atom stereocenters. The highest BCUT2D eigenvalue weighted by Crippen LogP contribution is 2.21. The first kappa shape index (κ1) is 15.2. The van der Waals surface area contributed by atoms with E-state index in [-0.39, 0.29) is 25.1 Å². The van der Waals surface area contributed by atoms with E-state index < -0.39 is 17.2 Å². The Morgan fingerprint density at radius 2 is 1.61 bits per heavy atom. The maximum absolute atomic E-state index is 13.9. The average Bonchev–Trinajstić information content (AvgIpc) is 3.16. The molecule has 0 atom stereocenters. The van der Waals surface area contributed by atoms with Crippen LogP contribution in [0.25, 0.3) is 0 Å². The topological polar surface area (TPSA) is 81.6 Å². The Bertz CT molecular complexity index is 723. The van der Waals surface area contributed by atoms with Crippen LogP contribution in [0.2, 0.25) is 0 Å². The quantitative estimate of drug-likeness (QED) is 0.727. The van der Waals surface area contributed by atoms with Gasteiger partial charge >= 0.3 is 0 Å². The van der Waals surface area contributed by atoms with Gasteiger partial charge in [-0.05, 0) is 11.6 Å². The molecule has 0 radical (unpaired) electrons. The standard InChI is InChI=1S/C14H14F2N6O/c15-12-2-1-11(13(16)3-12)4-14(23,5-21-9-17-7-19-21)6-22-10-18-8-20-22/h1-3,7-10,23H,4-6H2. The predicted molar refractivity (Wildman–Crippen MR) is 75.1 cm³/mol. The second-order valence-electron chi connectivity index (χ2n) is 5.32. The number of hydrogen-bond donors (Lipinski definition) is 1. The van der Waals surface area contributed by atoms with Gasteiger partial charge in [-0.2, -0.15) is 10.2 Å². The first-order valence-electron chi connectivity index (χ1n) is 6.85. The highest BCUT2D eigenvalue weighted by atomic mass is 19.1. The second kappa shape index (κ2) is 6.21. The zero-order valence-electron chi connectivity index (χ0n) is 12.0. The van der Waals surface area contributed by atoms with Crippen molar-refractivity contribution in [3.8, 4) is 0 Å². The fourth-order valence-electron chi connectivity index (χ4n) is 2.41. The van der Waals surface area contributed by atoms with Gasteiger partial charge in [-0.15, -0.1) is 0 Å². The number of halogens is 2. The van der Waals surface area contributed by atoms with Crippen LogP contribution in [0.5, 0.6) is 0 Å². The summed E-state index contributed by atoms with van der Waals surface area (Å²) in [7, 11) is 0. The third-order valence-electron chi connectivity index (χ3n) is 3.38. The zero-order valence-corrected chi connectivity index (χ0v) is 12.0. The highest BCUT2D eigenvalue weighted by molar-refractivity contribution is 5.20. The molecule has 2 heterocycles. The third-order valence-corrected chi connectivity index (χ3v) is 3.38. The molecule has 23 heavy (non-hydrogen) atoms. The van der Waals surface area contributed by atoms with E-state index in [0.717, 1.165) is 12.1 Å². The van der Waals surface area contributed by atoms with E-state index >= 15 is 0 Å². The van der Waals surface area contributed by atoms with E-state index in [9.17, 15) is 13.9 Å². The van der Waals surface area contributed by atoms with Crippen LogP contribution in [-0.4, -0.2) is 40.2 Å². The van der Waals surface area contributed by atoms with Crippen LogP contribution >= 0.6 is 0 Å². The van der Waals surface area contributed by atoms with E-state index in [1.807, 2.05) is 0 Å². The maximum Gasteiger partial charge on any atom is 0.137 e. The van der Waals surface area contributed by atoms with Crippen molar-refractivity contribution in [1.29, 1.82) is 0 Å². The molecule has 0 aliphatic carbocycles. The van der Waals surface area contributed by atoms with Crippen LogP contribution in [0.4, 0.5) is 8.78 Å². The molecule has 0 saturated heterocycles. The minimum absolute atomic E-state index is 0.0428. The third kappa shape index (κ3) is 3.75. The number of aromatic nitrogens is 6. The van der Waals surface area contributed by atoms with Crippen LogP contribution in [0.3, 0.4) is 0 Å². The monoisotopic (exact) mass is 320 g/mol. The zero-order chi connectivity index (χ0) is 16.3. The lowest BCUT2D eigenvalue weighted by Crippen LogP contribution is -2.41.